The minimum atomic E-state index is 0.0334. The number of aromatic nitrogens is 5. The highest BCUT2D eigenvalue weighted by Gasteiger charge is 2.41. The van der Waals surface area contributed by atoms with Crippen LogP contribution in [0, 0.1) is 6.92 Å². The maximum absolute atomic E-state index is 4.93. The smallest absolute Gasteiger partial charge is 0.155 e. The Labute approximate surface area is 159 Å². The molecule has 0 radical (unpaired) electrons. The van der Waals surface area contributed by atoms with Crippen LogP contribution in [0.3, 0.4) is 0 Å². The van der Waals surface area contributed by atoms with Gasteiger partial charge in [0.2, 0.25) is 0 Å². The van der Waals surface area contributed by atoms with Crippen molar-refractivity contribution in [1.82, 2.24) is 29.5 Å². The third-order valence-electron chi connectivity index (χ3n) is 6.01. The molecule has 0 N–H and O–H groups in total. The van der Waals surface area contributed by atoms with Gasteiger partial charge >= 0.3 is 0 Å². The highest BCUT2D eigenvalue weighted by molar-refractivity contribution is 5.45. The van der Waals surface area contributed by atoms with Crippen LogP contribution >= 0.6 is 0 Å². The second-order valence-corrected chi connectivity index (χ2v) is 8.97. The lowest BCUT2D eigenvalue weighted by Crippen LogP contribution is -2.38. The molecule has 2 aliphatic heterocycles. The van der Waals surface area contributed by atoms with Crippen molar-refractivity contribution in [3.05, 3.63) is 53.0 Å². The summed E-state index contributed by atoms with van der Waals surface area (Å²) >= 11 is 0. The van der Waals surface area contributed by atoms with Crippen LogP contribution in [-0.4, -0.2) is 35.5 Å². The van der Waals surface area contributed by atoms with Crippen molar-refractivity contribution in [1.29, 1.82) is 0 Å². The Balaban J connectivity index is 1.52. The molecule has 2 atom stereocenters. The van der Waals surface area contributed by atoms with Gasteiger partial charge < -0.3 is 0 Å². The Kier molecular flexibility index (Phi) is 3.63. The summed E-state index contributed by atoms with van der Waals surface area (Å²) in [6.45, 7) is 9.44. The van der Waals surface area contributed by atoms with E-state index in [2.05, 4.69) is 52.4 Å². The fourth-order valence-corrected chi connectivity index (χ4v) is 4.51. The van der Waals surface area contributed by atoms with Gasteiger partial charge in [0, 0.05) is 66.2 Å². The average molecular weight is 362 g/mol. The van der Waals surface area contributed by atoms with Crippen molar-refractivity contribution < 1.29 is 0 Å². The van der Waals surface area contributed by atoms with Crippen LogP contribution < -0.4 is 0 Å². The molecule has 2 aliphatic rings. The van der Waals surface area contributed by atoms with Crippen LogP contribution in [0.25, 0.3) is 5.65 Å². The van der Waals surface area contributed by atoms with Gasteiger partial charge in [0.25, 0.3) is 0 Å². The molecule has 5 heterocycles. The summed E-state index contributed by atoms with van der Waals surface area (Å²) in [6.07, 6.45) is 9.45. The topological polar surface area (TPSA) is 59.2 Å². The Hall–Kier alpha value is -2.34. The van der Waals surface area contributed by atoms with Crippen molar-refractivity contribution in [3.8, 4) is 0 Å². The molecule has 1 fully saturated rings. The van der Waals surface area contributed by atoms with Gasteiger partial charge in [-0.1, -0.05) is 20.8 Å². The predicted octanol–water partition coefficient (Wildman–Crippen LogP) is 3.39. The fraction of sp³-hybridized carbons (Fsp3) is 0.524. The van der Waals surface area contributed by atoms with Gasteiger partial charge in [-0.25, -0.2) is 19.5 Å². The van der Waals surface area contributed by atoms with Crippen LogP contribution in [-0.2, 0) is 18.4 Å². The first-order chi connectivity index (χ1) is 12.9. The molecule has 0 aliphatic carbocycles. The van der Waals surface area contributed by atoms with Crippen molar-refractivity contribution in [2.45, 2.75) is 71.0 Å². The number of fused-ring (bicyclic) bond motifs is 6. The maximum Gasteiger partial charge on any atom is 0.155 e. The van der Waals surface area contributed by atoms with Gasteiger partial charge in [0.05, 0.1) is 11.4 Å². The summed E-state index contributed by atoms with van der Waals surface area (Å²) in [7, 11) is 0. The zero-order chi connectivity index (χ0) is 18.8. The molecule has 27 heavy (non-hydrogen) atoms. The molecule has 5 rings (SSSR count). The van der Waals surface area contributed by atoms with E-state index in [1.54, 1.807) is 0 Å². The minimum absolute atomic E-state index is 0.0334. The molecule has 0 saturated carbocycles. The first-order valence-electron chi connectivity index (χ1n) is 9.81. The first-order valence-corrected chi connectivity index (χ1v) is 9.81. The molecule has 1 saturated heterocycles. The van der Waals surface area contributed by atoms with Crippen LogP contribution in [0.1, 0.15) is 68.0 Å². The second-order valence-electron chi connectivity index (χ2n) is 8.97. The van der Waals surface area contributed by atoms with E-state index in [1.165, 1.54) is 29.7 Å². The summed E-state index contributed by atoms with van der Waals surface area (Å²) in [6, 6.07) is 3.11. The number of rotatable bonds is 2. The average Bonchev–Trinajstić information content (AvgIpc) is 3.18. The molecule has 6 nitrogen and oxygen atoms in total. The van der Waals surface area contributed by atoms with Crippen molar-refractivity contribution in [2.24, 2.45) is 0 Å². The van der Waals surface area contributed by atoms with E-state index in [4.69, 9.17) is 10.1 Å². The lowest BCUT2D eigenvalue weighted by molar-refractivity contribution is 0.164. The van der Waals surface area contributed by atoms with Crippen molar-refractivity contribution in [2.75, 3.05) is 0 Å². The molecule has 0 spiro atoms. The third-order valence-corrected chi connectivity index (χ3v) is 6.01. The molecular formula is C21H26N6. The molecule has 6 heteroatoms. The van der Waals surface area contributed by atoms with Crippen LogP contribution in [0.5, 0.6) is 0 Å². The third kappa shape index (κ3) is 2.74. The normalized spacial score (nSPS) is 22.4. The van der Waals surface area contributed by atoms with E-state index in [0.717, 1.165) is 30.1 Å². The standard InChI is InChI=1S/C21H26N6/c1-13-22-9-14(10-23-13)12-26-15-5-6-17(26)16-11-24-20-8-19(21(2,3)4)25-27(20)18(16)7-15/h8-11,15,17H,5-7,12H2,1-4H3/t15-,17+/m0/s1. The van der Waals surface area contributed by atoms with Gasteiger partial charge in [-0.05, 0) is 19.8 Å². The van der Waals surface area contributed by atoms with Gasteiger partial charge in [0.15, 0.2) is 5.65 Å². The summed E-state index contributed by atoms with van der Waals surface area (Å²) in [4.78, 5) is 16.1. The van der Waals surface area contributed by atoms with E-state index in [0.29, 0.717) is 12.1 Å². The monoisotopic (exact) mass is 362 g/mol. The second kappa shape index (κ2) is 5.83. The lowest BCUT2D eigenvalue weighted by atomic mass is 9.93. The highest BCUT2D eigenvalue weighted by Crippen LogP contribution is 2.44. The van der Waals surface area contributed by atoms with Gasteiger partial charge in [0.1, 0.15) is 5.82 Å². The summed E-state index contributed by atoms with van der Waals surface area (Å²) in [5.74, 6) is 0.825. The maximum atomic E-state index is 4.93. The van der Waals surface area contributed by atoms with Crippen molar-refractivity contribution >= 4 is 5.65 Å². The summed E-state index contributed by atoms with van der Waals surface area (Å²) in [5.41, 5.74) is 5.98. The highest BCUT2D eigenvalue weighted by atomic mass is 15.3. The predicted molar refractivity (Wildman–Crippen MR) is 103 cm³/mol. The molecule has 3 aromatic heterocycles. The first kappa shape index (κ1) is 16.8. The zero-order valence-corrected chi connectivity index (χ0v) is 16.5. The van der Waals surface area contributed by atoms with Crippen LogP contribution in [0.15, 0.2) is 24.7 Å². The largest absolute Gasteiger partial charge is 0.289 e. The van der Waals surface area contributed by atoms with Gasteiger partial charge in [-0.2, -0.15) is 5.10 Å². The number of aryl methyl sites for hydroxylation is 1. The zero-order valence-electron chi connectivity index (χ0n) is 16.5. The van der Waals surface area contributed by atoms with Crippen molar-refractivity contribution in [3.63, 3.8) is 0 Å². The molecule has 3 aromatic rings. The Bertz CT molecular complexity index is 998. The van der Waals surface area contributed by atoms with Crippen LogP contribution in [0.4, 0.5) is 0 Å². The molecular weight excluding hydrogens is 336 g/mol. The van der Waals surface area contributed by atoms with E-state index >= 15 is 0 Å². The number of nitrogens with zero attached hydrogens (tertiary/aromatic N) is 6. The Morgan fingerprint density at radius 2 is 1.85 bits per heavy atom. The lowest BCUT2D eigenvalue weighted by Gasteiger charge is -2.36. The van der Waals surface area contributed by atoms with E-state index in [9.17, 15) is 0 Å². The minimum Gasteiger partial charge on any atom is -0.289 e. The molecule has 0 amide bonds. The summed E-state index contributed by atoms with van der Waals surface area (Å²) < 4.78 is 2.10. The molecule has 140 valence electrons. The van der Waals surface area contributed by atoms with E-state index in [-0.39, 0.29) is 5.41 Å². The van der Waals surface area contributed by atoms with Gasteiger partial charge in [-0.15, -0.1) is 0 Å². The molecule has 0 aromatic carbocycles. The molecule has 2 bridgehead atoms. The molecule has 0 unspecified atom stereocenters. The fourth-order valence-electron chi connectivity index (χ4n) is 4.51. The van der Waals surface area contributed by atoms with E-state index in [1.807, 2.05) is 19.3 Å². The number of hydrogen-bond donors (Lipinski definition) is 0. The van der Waals surface area contributed by atoms with Crippen LogP contribution in [0.2, 0.25) is 0 Å². The Morgan fingerprint density at radius 3 is 2.59 bits per heavy atom. The van der Waals surface area contributed by atoms with Gasteiger partial charge in [-0.3, -0.25) is 4.90 Å². The van der Waals surface area contributed by atoms with E-state index < -0.39 is 0 Å². The summed E-state index contributed by atoms with van der Waals surface area (Å²) in [5, 5.41) is 4.93. The number of hydrogen-bond acceptors (Lipinski definition) is 5. The Morgan fingerprint density at radius 1 is 1.07 bits per heavy atom. The SMILES string of the molecule is Cc1ncc(CN2[C@H]3CC[C@@H]2c2cnc4cc(C(C)(C)C)nn4c2C3)cn1. The quantitative estimate of drug-likeness (QED) is 0.699.